The number of halogens is 1. The Bertz CT molecular complexity index is 1220. The standard InChI is InChI=1S/C26H25ClN2O4/c1-28(26(31)32)16-24(30)25(19-5-3-2-4-6-19)29-14-13-20-15-22(11-12-23(20)29)33-17-18-7-9-21(27)10-8-18/h2-15,24-25,30H,16-17H2,1H3,(H,31,32)/t24-,25+/m1/s1. The van der Waals surface area contributed by atoms with Crippen LogP contribution in [0.3, 0.4) is 0 Å². The minimum Gasteiger partial charge on any atom is -0.489 e. The number of aliphatic hydroxyl groups excluding tert-OH is 1. The molecule has 0 aliphatic rings. The summed E-state index contributed by atoms with van der Waals surface area (Å²) in [4.78, 5) is 12.4. The van der Waals surface area contributed by atoms with Gasteiger partial charge in [0.15, 0.2) is 0 Å². The highest BCUT2D eigenvalue weighted by molar-refractivity contribution is 6.30. The molecule has 170 valence electrons. The zero-order valence-corrected chi connectivity index (χ0v) is 18.9. The number of benzene rings is 3. The van der Waals surface area contributed by atoms with E-state index in [0.29, 0.717) is 11.6 Å². The van der Waals surface area contributed by atoms with Gasteiger partial charge in [-0.25, -0.2) is 4.79 Å². The van der Waals surface area contributed by atoms with Crippen molar-refractivity contribution in [1.82, 2.24) is 9.47 Å². The Balaban J connectivity index is 1.61. The van der Waals surface area contributed by atoms with Crippen LogP contribution in [0, 0.1) is 0 Å². The molecule has 4 aromatic rings. The molecule has 0 saturated carbocycles. The van der Waals surface area contributed by atoms with Crippen LogP contribution in [-0.4, -0.2) is 45.5 Å². The van der Waals surface area contributed by atoms with Gasteiger partial charge in [0, 0.05) is 29.2 Å². The van der Waals surface area contributed by atoms with Crippen molar-refractivity contribution in [2.75, 3.05) is 13.6 Å². The van der Waals surface area contributed by atoms with Crippen molar-refractivity contribution in [2.45, 2.75) is 18.8 Å². The van der Waals surface area contributed by atoms with E-state index in [1.807, 2.05) is 89.6 Å². The molecular weight excluding hydrogens is 440 g/mol. The molecule has 0 bridgehead atoms. The smallest absolute Gasteiger partial charge is 0.407 e. The molecule has 3 aromatic carbocycles. The van der Waals surface area contributed by atoms with E-state index in [4.69, 9.17) is 16.3 Å². The monoisotopic (exact) mass is 464 g/mol. The van der Waals surface area contributed by atoms with Crippen molar-refractivity contribution in [3.05, 3.63) is 101 Å². The number of carboxylic acid groups (broad SMARTS) is 1. The maximum Gasteiger partial charge on any atom is 0.407 e. The topological polar surface area (TPSA) is 74.9 Å². The van der Waals surface area contributed by atoms with Crippen molar-refractivity contribution in [3.8, 4) is 5.75 Å². The van der Waals surface area contributed by atoms with Gasteiger partial charge in [0.2, 0.25) is 0 Å². The highest BCUT2D eigenvalue weighted by atomic mass is 35.5. The molecule has 0 aliphatic heterocycles. The van der Waals surface area contributed by atoms with E-state index < -0.39 is 18.2 Å². The number of amides is 1. The fraction of sp³-hybridized carbons (Fsp3) is 0.192. The zero-order chi connectivity index (χ0) is 23.4. The van der Waals surface area contributed by atoms with Gasteiger partial charge >= 0.3 is 6.09 Å². The average molecular weight is 465 g/mol. The minimum atomic E-state index is -1.08. The molecule has 2 atom stereocenters. The maximum absolute atomic E-state index is 11.3. The Morgan fingerprint density at radius 1 is 1.06 bits per heavy atom. The first-order valence-corrected chi connectivity index (χ1v) is 10.9. The van der Waals surface area contributed by atoms with Gasteiger partial charge in [0.1, 0.15) is 12.4 Å². The Morgan fingerprint density at radius 3 is 2.48 bits per heavy atom. The largest absolute Gasteiger partial charge is 0.489 e. The van der Waals surface area contributed by atoms with Crippen LogP contribution in [-0.2, 0) is 6.61 Å². The molecule has 7 heteroatoms. The lowest BCUT2D eigenvalue weighted by molar-refractivity contribution is 0.0850. The Labute approximate surface area is 197 Å². The van der Waals surface area contributed by atoms with Gasteiger partial charge in [-0.15, -0.1) is 0 Å². The fourth-order valence-corrected chi connectivity index (χ4v) is 4.02. The maximum atomic E-state index is 11.3. The van der Waals surface area contributed by atoms with Crippen LogP contribution in [0.4, 0.5) is 4.79 Å². The number of aliphatic hydroxyl groups is 1. The second-order valence-corrected chi connectivity index (χ2v) is 8.38. The van der Waals surface area contributed by atoms with Gasteiger partial charge < -0.3 is 24.4 Å². The summed E-state index contributed by atoms with van der Waals surface area (Å²) in [6, 6.07) is 24.4. The number of ether oxygens (including phenoxy) is 1. The summed E-state index contributed by atoms with van der Waals surface area (Å²) in [6.07, 6.45) is -0.111. The second-order valence-electron chi connectivity index (χ2n) is 7.94. The van der Waals surface area contributed by atoms with E-state index >= 15 is 0 Å². The van der Waals surface area contributed by atoms with Gasteiger partial charge in [-0.1, -0.05) is 54.1 Å². The summed E-state index contributed by atoms with van der Waals surface area (Å²) in [5.74, 6) is 0.734. The lowest BCUT2D eigenvalue weighted by Crippen LogP contribution is -2.38. The molecule has 1 aromatic heterocycles. The normalized spacial score (nSPS) is 12.9. The van der Waals surface area contributed by atoms with Crippen LogP contribution in [0.25, 0.3) is 10.9 Å². The quantitative estimate of drug-likeness (QED) is 0.364. The van der Waals surface area contributed by atoms with Crippen LogP contribution in [0.15, 0.2) is 85.1 Å². The van der Waals surface area contributed by atoms with Crippen molar-refractivity contribution >= 4 is 28.6 Å². The van der Waals surface area contributed by atoms with E-state index in [9.17, 15) is 15.0 Å². The molecule has 0 radical (unpaired) electrons. The summed E-state index contributed by atoms with van der Waals surface area (Å²) >= 11 is 5.94. The van der Waals surface area contributed by atoms with Crippen LogP contribution >= 0.6 is 11.6 Å². The predicted octanol–water partition coefficient (Wildman–Crippen LogP) is 5.43. The molecule has 1 amide bonds. The minimum absolute atomic E-state index is 0.0170. The Kier molecular flexibility index (Phi) is 6.87. The third kappa shape index (κ3) is 5.30. The third-order valence-corrected chi connectivity index (χ3v) is 5.86. The summed E-state index contributed by atoms with van der Waals surface area (Å²) in [5, 5.41) is 21.9. The van der Waals surface area contributed by atoms with Crippen LogP contribution in [0.1, 0.15) is 17.2 Å². The van der Waals surface area contributed by atoms with Gasteiger partial charge in [0.25, 0.3) is 0 Å². The number of aromatic nitrogens is 1. The van der Waals surface area contributed by atoms with Crippen LogP contribution < -0.4 is 4.74 Å². The number of hydrogen-bond donors (Lipinski definition) is 2. The van der Waals surface area contributed by atoms with Gasteiger partial charge in [-0.2, -0.15) is 0 Å². The molecule has 0 spiro atoms. The number of likely N-dealkylation sites (N-methyl/N-ethyl adjacent to an activating group) is 1. The van der Waals surface area contributed by atoms with E-state index in [1.165, 1.54) is 7.05 Å². The first-order chi connectivity index (χ1) is 15.9. The zero-order valence-electron chi connectivity index (χ0n) is 18.1. The lowest BCUT2D eigenvalue weighted by Gasteiger charge is -2.28. The molecule has 0 aliphatic carbocycles. The SMILES string of the molecule is CN(C[C@@H](O)[C@H](c1ccccc1)n1ccc2cc(OCc3ccc(Cl)cc3)ccc21)C(=O)O. The first kappa shape index (κ1) is 22.7. The van der Waals surface area contributed by atoms with E-state index in [1.54, 1.807) is 0 Å². The number of carbonyl (C=O) groups is 1. The molecule has 0 unspecified atom stereocenters. The number of hydrogen-bond acceptors (Lipinski definition) is 3. The summed E-state index contributed by atoms with van der Waals surface area (Å²) in [5.41, 5.74) is 2.83. The average Bonchev–Trinajstić information content (AvgIpc) is 3.22. The van der Waals surface area contributed by atoms with Crippen LogP contribution in [0.2, 0.25) is 5.02 Å². The Morgan fingerprint density at radius 2 is 1.79 bits per heavy atom. The molecule has 0 fully saturated rings. The fourth-order valence-electron chi connectivity index (χ4n) is 3.90. The molecule has 1 heterocycles. The number of fused-ring (bicyclic) bond motifs is 1. The predicted molar refractivity (Wildman–Crippen MR) is 129 cm³/mol. The van der Waals surface area contributed by atoms with Crippen molar-refractivity contribution in [3.63, 3.8) is 0 Å². The molecule has 4 rings (SSSR count). The third-order valence-electron chi connectivity index (χ3n) is 5.60. The lowest BCUT2D eigenvalue weighted by atomic mass is 10.0. The molecular formula is C26H25ClN2O4. The van der Waals surface area contributed by atoms with Gasteiger partial charge in [0.05, 0.1) is 18.7 Å². The number of rotatable bonds is 8. The second kappa shape index (κ2) is 9.98. The highest BCUT2D eigenvalue weighted by Gasteiger charge is 2.26. The Hall–Kier alpha value is -3.48. The van der Waals surface area contributed by atoms with Crippen molar-refractivity contribution in [2.24, 2.45) is 0 Å². The molecule has 0 saturated heterocycles. The summed E-state index contributed by atoms with van der Waals surface area (Å²) in [7, 11) is 1.45. The summed E-state index contributed by atoms with van der Waals surface area (Å²) in [6.45, 7) is 0.410. The van der Waals surface area contributed by atoms with Crippen LogP contribution in [0.5, 0.6) is 5.75 Å². The van der Waals surface area contributed by atoms with Crippen molar-refractivity contribution in [1.29, 1.82) is 0 Å². The molecule has 33 heavy (non-hydrogen) atoms. The molecule has 2 N–H and O–H groups in total. The van der Waals surface area contributed by atoms with E-state index in [-0.39, 0.29) is 6.54 Å². The van der Waals surface area contributed by atoms with Gasteiger partial charge in [-0.3, -0.25) is 0 Å². The van der Waals surface area contributed by atoms with E-state index in [0.717, 1.165) is 32.7 Å². The highest BCUT2D eigenvalue weighted by Crippen LogP contribution is 2.30. The summed E-state index contributed by atoms with van der Waals surface area (Å²) < 4.78 is 7.93. The van der Waals surface area contributed by atoms with E-state index in [2.05, 4.69) is 0 Å². The van der Waals surface area contributed by atoms with Gasteiger partial charge in [-0.05, 0) is 47.5 Å². The first-order valence-electron chi connectivity index (χ1n) is 10.6. The number of nitrogens with zero attached hydrogens (tertiary/aromatic N) is 2. The molecule has 6 nitrogen and oxygen atoms in total. The van der Waals surface area contributed by atoms with Crippen molar-refractivity contribution < 1.29 is 19.7 Å².